The predicted molar refractivity (Wildman–Crippen MR) is 94.1 cm³/mol. The number of rotatable bonds is 6. The summed E-state index contributed by atoms with van der Waals surface area (Å²) >= 11 is 7.20. The maximum Gasteiger partial charge on any atom is 0.294 e. The van der Waals surface area contributed by atoms with Gasteiger partial charge in [-0.05, 0) is 30.2 Å². The van der Waals surface area contributed by atoms with Crippen LogP contribution in [0.1, 0.15) is 11.1 Å². The first kappa shape index (κ1) is 17.3. The highest BCUT2D eigenvalue weighted by atomic mass is 35.5. The Bertz CT molecular complexity index is 737. The molecule has 0 bridgehead atoms. The van der Waals surface area contributed by atoms with Crippen LogP contribution in [0.25, 0.3) is 0 Å². The van der Waals surface area contributed by atoms with Gasteiger partial charge in [-0.1, -0.05) is 35.9 Å². The molecule has 0 heterocycles. The van der Waals surface area contributed by atoms with Crippen LogP contribution in [0.2, 0.25) is 5.02 Å². The van der Waals surface area contributed by atoms with Crippen molar-refractivity contribution in [3.63, 3.8) is 0 Å². The number of carbonyl (C=O) groups excluding carboxylic acids is 1. The van der Waals surface area contributed by atoms with Gasteiger partial charge in [0.05, 0.1) is 10.7 Å². The average Bonchev–Trinajstić information content (AvgIpc) is 2.51. The fourth-order valence-corrected chi connectivity index (χ4v) is 3.04. The summed E-state index contributed by atoms with van der Waals surface area (Å²) in [4.78, 5) is 22.4. The van der Waals surface area contributed by atoms with E-state index in [1.807, 2.05) is 31.2 Å². The van der Waals surface area contributed by atoms with Crippen LogP contribution in [0.15, 0.2) is 42.5 Å². The summed E-state index contributed by atoms with van der Waals surface area (Å²) < 4.78 is 0. The zero-order chi connectivity index (χ0) is 16.8. The van der Waals surface area contributed by atoms with E-state index >= 15 is 0 Å². The Morgan fingerprint density at radius 2 is 2.04 bits per heavy atom. The number of nitro groups is 1. The Labute approximate surface area is 143 Å². The number of hydrogen-bond acceptors (Lipinski definition) is 4. The van der Waals surface area contributed by atoms with Crippen LogP contribution in [0.5, 0.6) is 0 Å². The molecule has 1 N–H and O–H groups in total. The van der Waals surface area contributed by atoms with Crippen LogP contribution >= 0.6 is 23.4 Å². The van der Waals surface area contributed by atoms with Gasteiger partial charge in [0.2, 0.25) is 5.91 Å². The number of benzene rings is 2. The zero-order valence-electron chi connectivity index (χ0n) is 12.4. The van der Waals surface area contributed by atoms with Gasteiger partial charge in [0.25, 0.3) is 5.69 Å². The van der Waals surface area contributed by atoms with Gasteiger partial charge >= 0.3 is 0 Å². The molecule has 5 nitrogen and oxygen atoms in total. The third-order valence-electron chi connectivity index (χ3n) is 3.18. The number of thioether (sulfide) groups is 1. The molecule has 0 spiro atoms. The first-order valence-corrected chi connectivity index (χ1v) is 8.36. The zero-order valence-corrected chi connectivity index (χ0v) is 14.0. The fraction of sp³-hybridized carbons (Fsp3) is 0.188. The number of hydrogen-bond donors (Lipinski definition) is 1. The van der Waals surface area contributed by atoms with Crippen molar-refractivity contribution >= 4 is 40.6 Å². The molecule has 2 rings (SSSR count). The van der Waals surface area contributed by atoms with Crippen molar-refractivity contribution in [2.24, 2.45) is 0 Å². The van der Waals surface area contributed by atoms with Crippen LogP contribution in [-0.2, 0) is 10.5 Å². The molecule has 0 aliphatic carbocycles. The third-order valence-corrected chi connectivity index (χ3v) is 4.40. The lowest BCUT2D eigenvalue weighted by Crippen LogP contribution is -2.15. The number of halogens is 1. The number of nitrogens with one attached hydrogen (secondary N) is 1. The highest BCUT2D eigenvalue weighted by molar-refractivity contribution is 7.99. The highest BCUT2D eigenvalue weighted by Gasteiger charge is 2.16. The summed E-state index contributed by atoms with van der Waals surface area (Å²) in [6.45, 7) is 2.02. The lowest BCUT2D eigenvalue weighted by molar-refractivity contribution is -0.383. The molecule has 1 amide bonds. The van der Waals surface area contributed by atoms with Crippen LogP contribution in [0, 0.1) is 17.0 Å². The van der Waals surface area contributed by atoms with Gasteiger partial charge in [-0.25, -0.2) is 0 Å². The van der Waals surface area contributed by atoms with E-state index in [4.69, 9.17) is 11.6 Å². The predicted octanol–water partition coefficient (Wildman–Crippen LogP) is 4.43. The number of nitrogens with zero attached hydrogens (tertiary/aromatic N) is 1. The van der Waals surface area contributed by atoms with Gasteiger partial charge in [-0.2, -0.15) is 0 Å². The molecular weight excluding hydrogens is 336 g/mol. The quantitative estimate of drug-likeness (QED) is 0.618. The maximum absolute atomic E-state index is 12.0. The van der Waals surface area contributed by atoms with Crippen molar-refractivity contribution in [1.82, 2.24) is 0 Å². The smallest absolute Gasteiger partial charge is 0.294 e. The van der Waals surface area contributed by atoms with Gasteiger partial charge in [0.15, 0.2) is 0 Å². The Hall–Kier alpha value is -2.05. The van der Waals surface area contributed by atoms with Gasteiger partial charge in [-0.3, -0.25) is 14.9 Å². The molecule has 0 aromatic heterocycles. The van der Waals surface area contributed by atoms with E-state index in [0.29, 0.717) is 5.75 Å². The van der Waals surface area contributed by atoms with Crippen LogP contribution in [0.4, 0.5) is 11.4 Å². The second kappa shape index (κ2) is 7.99. The number of aryl methyl sites for hydroxylation is 1. The van der Waals surface area contributed by atoms with E-state index in [1.54, 1.807) is 0 Å². The van der Waals surface area contributed by atoms with E-state index in [1.165, 1.54) is 41.1 Å². The molecule has 2 aromatic carbocycles. The van der Waals surface area contributed by atoms with Crippen LogP contribution in [-0.4, -0.2) is 16.6 Å². The summed E-state index contributed by atoms with van der Waals surface area (Å²) in [6.07, 6.45) is 0. The summed E-state index contributed by atoms with van der Waals surface area (Å²) in [5.41, 5.74) is 2.28. The molecule has 7 heteroatoms. The molecule has 0 aliphatic heterocycles. The van der Waals surface area contributed by atoms with Crippen molar-refractivity contribution in [3.05, 3.63) is 68.7 Å². The minimum Gasteiger partial charge on any atom is -0.320 e. The SMILES string of the molecule is Cc1ccccc1CSCC(=O)Nc1ccc(Cl)cc1[N+](=O)[O-]. The molecule has 0 atom stereocenters. The van der Waals surface area contributed by atoms with E-state index in [2.05, 4.69) is 5.32 Å². The lowest BCUT2D eigenvalue weighted by atomic mass is 10.1. The average molecular weight is 351 g/mol. The number of amides is 1. The molecule has 0 unspecified atom stereocenters. The molecule has 23 heavy (non-hydrogen) atoms. The van der Waals surface area contributed by atoms with Crippen LogP contribution in [0.3, 0.4) is 0 Å². The molecule has 0 saturated carbocycles. The van der Waals surface area contributed by atoms with Crippen molar-refractivity contribution in [3.8, 4) is 0 Å². The molecule has 0 aliphatic rings. The normalized spacial score (nSPS) is 10.3. The van der Waals surface area contributed by atoms with Crippen LogP contribution < -0.4 is 5.32 Å². The molecule has 0 fully saturated rings. The molecule has 0 saturated heterocycles. The van der Waals surface area contributed by atoms with Gasteiger partial charge in [0, 0.05) is 16.8 Å². The van der Waals surface area contributed by atoms with Crippen molar-refractivity contribution in [2.45, 2.75) is 12.7 Å². The van der Waals surface area contributed by atoms with E-state index < -0.39 is 4.92 Å². The molecular formula is C16H15ClN2O3S. The largest absolute Gasteiger partial charge is 0.320 e. The molecule has 2 aromatic rings. The van der Waals surface area contributed by atoms with Crippen molar-refractivity contribution < 1.29 is 9.72 Å². The Balaban J connectivity index is 1.93. The summed E-state index contributed by atoms with van der Waals surface area (Å²) in [6, 6.07) is 12.1. The van der Waals surface area contributed by atoms with Gasteiger partial charge in [0.1, 0.15) is 5.69 Å². The Morgan fingerprint density at radius 3 is 2.74 bits per heavy atom. The monoisotopic (exact) mass is 350 g/mol. The summed E-state index contributed by atoms with van der Waals surface area (Å²) in [5, 5.41) is 13.8. The summed E-state index contributed by atoms with van der Waals surface area (Å²) in [5.74, 6) is 0.644. The number of carbonyl (C=O) groups is 1. The standard InChI is InChI=1S/C16H15ClN2O3S/c1-11-4-2-3-5-12(11)9-23-10-16(20)18-14-7-6-13(17)8-15(14)19(21)22/h2-8H,9-10H2,1H3,(H,18,20). The Morgan fingerprint density at radius 1 is 1.30 bits per heavy atom. The second-order valence-electron chi connectivity index (χ2n) is 4.89. The second-order valence-corrected chi connectivity index (χ2v) is 6.31. The Kier molecular flexibility index (Phi) is 6.01. The van der Waals surface area contributed by atoms with E-state index in [-0.39, 0.29) is 28.1 Å². The maximum atomic E-state index is 12.0. The molecule has 120 valence electrons. The minimum atomic E-state index is -0.567. The van der Waals surface area contributed by atoms with Crippen molar-refractivity contribution in [1.29, 1.82) is 0 Å². The summed E-state index contributed by atoms with van der Waals surface area (Å²) in [7, 11) is 0. The minimum absolute atomic E-state index is 0.154. The topological polar surface area (TPSA) is 72.2 Å². The van der Waals surface area contributed by atoms with Gasteiger partial charge < -0.3 is 5.32 Å². The van der Waals surface area contributed by atoms with Crippen molar-refractivity contribution in [2.75, 3.05) is 11.1 Å². The lowest BCUT2D eigenvalue weighted by Gasteiger charge is -2.07. The number of nitro benzene ring substituents is 1. The third kappa shape index (κ3) is 4.97. The van der Waals surface area contributed by atoms with E-state index in [9.17, 15) is 14.9 Å². The number of anilines is 1. The molecule has 0 radical (unpaired) electrons. The fourth-order valence-electron chi connectivity index (χ4n) is 1.97. The first-order chi connectivity index (χ1) is 11.0. The van der Waals surface area contributed by atoms with E-state index in [0.717, 1.165) is 0 Å². The first-order valence-electron chi connectivity index (χ1n) is 6.83. The highest BCUT2D eigenvalue weighted by Crippen LogP contribution is 2.28. The van der Waals surface area contributed by atoms with Gasteiger partial charge in [-0.15, -0.1) is 11.8 Å².